The van der Waals surface area contributed by atoms with Gasteiger partial charge >= 0.3 is 0 Å². The summed E-state index contributed by atoms with van der Waals surface area (Å²) in [6.07, 6.45) is -0.832. The summed E-state index contributed by atoms with van der Waals surface area (Å²) >= 11 is 0. The number of halogens is 1. The van der Waals surface area contributed by atoms with E-state index >= 15 is 0 Å². The van der Waals surface area contributed by atoms with Gasteiger partial charge in [0.2, 0.25) is 0 Å². The first kappa shape index (κ1) is 13.6. The van der Waals surface area contributed by atoms with Gasteiger partial charge in [0.1, 0.15) is 17.7 Å². The Morgan fingerprint density at radius 3 is 2.37 bits per heavy atom. The number of rotatable bonds is 3. The lowest BCUT2D eigenvalue weighted by Gasteiger charge is -2.17. The molecule has 2 aromatic rings. The topological polar surface area (TPSA) is 29.5 Å². The van der Waals surface area contributed by atoms with Crippen LogP contribution in [0.5, 0.6) is 5.75 Å². The smallest absolute Gasteiger partial charge is 0.123 e. The molecule has 2 rings (SSSR count). The van der Waals surface area contributed by atoms with Crippen LogP contribution in [0.15, 0.2) is 36.4 Å². The zero-order valence-corrected chi connectivity index (χ0v) is 11.3. The van der Waals surface area contributed by atoms with Gasteiger partial charge in [-0.15, -0.1) is 0 Å². The van der Waals surface area contributed by atoms with Gasteiger partial charge in [-0.2, -0.15) is 0 Å². The molecule has 2 nitrogen and oxygen atoms in total. The first-order valence-corrected chi connectivity index (χ1v) is 6.11. The third kappa shape index (κ3) is 2.76. The van der Waals surface area contributed by atoms with E-state index in [-0.39, 0.29) is 5.82 Å². The van der Waals surface area contributed by atoms with Gasteiger partial charge in [-0.1, -0.05) is 12.1 Å². The van der Waals surface area contributed by atoms with Crippen molar-refractivity contribution in [2.24, 2.45) is 0 Å². The first-order chi connectivity index (χ1) is 9.02. The molecule has 19 heavy (non-hydrogen) atoms. The van der Waals surface area contributed by atoms with Crippen LogP contribution in [0.3, 0.4) is 0 Å². The fourth-order valence-electron chi connectivity index (χ4n) is 2.16. The van der Waals surface area contributed by atoms with Crippen LogP contribution in [0.1, 0.15) is 28.4 Å². The molecule has 1 unspecified atom stereocenters. The van der Waals surface area contributed by atoms with Gasteiger partial charge < -0.3 is 9.84 Å². The summed E-state index contributed by atoms with van der Waals surface area (Å²) in [5.41, 5.74) is 3.13. The van der Waals surface area contributed by atoms with E-state index in [2.05, 4.69) is 0 Å². The Bertz CT molecular complexity index is 593. The molecular formula is C16H17FO2. The Hall–Kier alpha value is -1.87. The standard InChI is InChI=1S/C16H17FO2/c1-10-4-5-12(17)9-15(10)16(18)14-7-6-13(19-3)8-11(14)2/h4-9,16,18H,1-3H3. The van der Waals surface area contributed by atoms with E-state index in [1.54, 1.807) is 19.2 Å². The molecule has 0 saturated heterocycles. The molecule has 0 aliphatic carbocycles. The molecule has 0 aliphatic rings. The van der Waals surface area contributed by atoms with Gasteiger partial charge in [-0.05, 0) is 60.4 Å². The third-order valence-electron chi connectivity index (χ3n) is 3.31. The molecule has 100 valence electrons. The molecule has 2 aromatic carbocycles. The maximum Gasteiger partial charge on any atom is 0.123 e. The van der Waals surface area contributed by atoms with Gasteiger partial charge in [0.25, 0.3) is 0 Å². The summed E-state index contributed by atoms with van der Waals surface area (Å²) < 4.78 is 18.4. The average molecular weight is 260 g/mol. The summed E-state index contributed by atoms with van der Waals surface area (Å²) in [7, 11) is 1.60. The predicted octanol–water partition coefficient (Wildman–Crippen LogP) is 3.53. The van der Waals surface area contributed by atoms with Gasteiger partial charge in [0.05, 0.1) is 7.11 Å². The largest absolute Gasteiger partial charge is 0.497 e. The van der Waals surface area contributed by atoms with E-state index in [1.165, 1.54) is 12.1 Å². The molecule has 0 radical (unpaired) electrons. The molecule has 0 spiro atoms. The number of aliphatic hydroxyl groups is 1. The van der Waals surface area contributed by atoms with Crippen molar-refractivity contribution in [3.63, 3.8) is 0 Å². The molecule has 0 heterocycles. The maximum atomic E-state index is 13.3. The molecule has 0 bridgehead atoms. The van der Waals surface area contributed by atoms with Crippen LogP contribution >= 0.6 is 0 Å². The fraction of sp³-hybridized carbons (Fsp3) is 0.250. The number of hydrogen-bond acceptors (Lipinski definition) is 2. The van der Waals surface area contributed by atoms with E-state index in [0.29, 0.717) is 5.56 Å². The zero-order chi connectivity index (χ0) is 14.0. The second-order valence-electron chi connectivity index (χ2n) is 4.63. The van der Waals surface area contributed by atoms with Crippen LogP contribution in [-0.2, 0) is 0 Å². The number of ether oxygens (including phenoxy) is 1. The van der Waals surface area contributed by atoms with Crippen molar-refractivity contribution >= 4 is 0 Å². The number of methoxy groups -OCH3 is 1. The highest BCUT2D eigenvalue weighted by Crippen LogP contribution is 2.29. The normalized spacial score (nSPS) is 12.3. The highest BCUT2D eigenvalue weighted by atomic mass is 19.1. The van der Waals surface area contributed by atoms with Crippen molar-refractivity contribution in [2.75, 3.05) is 7.11 Å². The molecule has 0 aliphatic heterocycles. The van der Waals surface area contributed by atoms with Crippen molar-refractivity contribution in [3.8, 4) is 5.75 Å². The van der Waals surface area contributed by atoms with Crippen molar-refractivity contribution in [3.05, 3.63) is 64.5 Å². The van der Waals surface area contributed by atoms with Crippen molar-refractivity contribution < 1.29 is 14.2 Å². The maximum absolute atomic E-state index is 13.3. The number of hydrogen-bond donors (Lipinski definition) is 1. The quantitative estimate of drug-likeness (QED) is 0.914. The van der Waals surface area contributed by atoms with Crippen molar-refractivity contribution in [2.45, 2.75) is 20.0 Å². The Morgan fingerprint density at radius 1 is 1.00 bits per heavy atom. The minimum Gasteiger partial charge on any atom is -0.497 e. The molecule has 0 saturated carbocycles. The monoisotopic (exact) mass is 260 g/mol. The molecule has 0 aromatic heterocycles. The van der Waals surface area contributed by atoms with E-state index in [4.69, 9.17) is 4.74 Å². The Morgan fingerprint density at radius 2 is 1.74 bits per heavy atom. The van der Waals surface area contributed by atoms with Crippen LogP contribution in [0.2, 0.25) is 0 Å². The lowest BCUT2D eigenvalue weighted by atomic mass is 9.94. The Kier molecular flexibility index (Phi) is 3.86. The second kappa shape index (κ2) is 5.41. The van der Waals surface area contributed by atoms with Crippen LogP contribution in [-0.4, -0.2) is 12.2 Å². The van der Waals surface area contributed by atoms with Crippen molar-refractivity contribution in [1.82, 2.24) is 0 Å². The molecule has 0 fully saturated rings. The first-order valence-electron chi connectivity index (χ1n) is 6.11. The Labute approximate surface area is 112 Å². The highest BCUT2D eigenvalue weighted by Gasteiger charge is 2.16. The molecule has 3 heteroatoms. The predicted molar refractivity (Wildman–Crippen MR) is 72.9 cm³/mol. The molecule has 0 amide bonds. The average Bonchev–Trinajstić information content (AvgIpc) is 2.40. The third-order valence-corrected chi connectivity index (χ3v) is 3.31. The zero-order valence-electron chi connectivity index (χ0n) is 11.3. The summed E-state index contributed by atoms with van der Waals surface area (Å²) in [4.78, 5) is 0. The van der Waals surface area contributed by atoms with Crippen LogP contribution in [0, 0.1) is 19.7 Å². The Balaban J connectivity index is 2.43. The number of aryl methyl sites for hydroxylation is 2. The molecule has 1 atom stereocenters. The molecular weight excluding hydrogens is 243 g/mol. The van der Waals surface area contributed by atoms with E-state index in [0.717, 1.165) is 22.4 Å². The van der Waals surface area contributed by atoms with E-state index in [9.17, 15) is 9.50 Å². The van der Waals surface area contributed by atoms with Crippen LogP contribution in [0.4, 0.5) is 4.39 Å². The summed E-state index contributed by atoms with van der Waals surface area (Å²) in [5.74, 6) is 0.398. The SMILES string of the molecule is COc1ccc(C(O)c2cc(F)ccc2C)c(C)c1. The summed E-state index contributed by atoms with van der Waals surface area (Å²) in [6, 6.07) is 9.90. The minimum absolute atomic E-state index is 0.342. The van der Waals surface area contributed by atoms with E-state index < -0.39 is 6.10 Å². The summed E-state index contributed by atoms with van der Waals surface area (Å²) in [5, 5.41) is 10.4. The van der Waals surface area contributed by atoms with Crippen LogP contribution < -0.4 is 4.74 Å². The van der Waals surface area contributed by atoms with Gasteiger partial charge in [0.15, 0.2) is 0 Å². The van der Waals surface area contributed by atoms with Gasteiger partial charge in [-0.3, -0.25) is 0 Å². The van der Waals surface area contributed by atoms with Crippen molar-refractivity contribution in [1.29, 1.82) is 0 Å². The second-order valence-corrected chi connectivity index (χ2v) is 4.63. The minimum atomic E-state index is -0.832. The van der Waals surface area contributed by atoms with Gasteiger partial charge in [0, 0.05) is 0 Å². The van der Waals surface area contributed by atoms with E-state index in [1.807, 2.05) is 26.0 Å². The van der Waals surface area contributed by atoms with Gasteiger partial charge in [-0.25, -0.2) is 4.39 Å². The lowest BCUT2D eigenvalue weighted by Crippen LogP contribution is -2.05. The molecule has 1 N–H and O–H groups in total. The fourth-order valence-corrected chi connectivity index (χ4v) is 2.16. The number of aliphatic hydroxyl groups excluding tert-OH is 1. The summed E-state index contributed by atoms with van der Waals surface area (Å²) in [6.45, 7) is 3.76. The highest BCUT2D eigenvalue weighted by molar-refractivity contribution is 5.42. The van der Waals surface area contributed by atoms with Crippen LogP contribution in [0.25, 0.3) is 0 Å². The lowest BCUT2D eigenvalue weighted by molar-refractivity contribution is 0.218. The number of benzene rings is 2.